The van der Waals surface area contributed by atoms with Crippen molar-refractivity contribution < 1.29 is 9.47 Å². The van der Waals surface area contributed by atoms with Gasteiger partial charge in [-0.1, -0.05) is 11.6 Å². The van der Waals surface area contributed by atoms with Gasteiger partial charge in [0.25, 0.3) is 0 Å². The highest BCUT2D eigenvalue weighted by Crippen LogP contribution is 2.26. The fourth-order valence-corrected chi connectivity index (χ4v) is 1.75. The van der Waals surface area contributed by atoms with Gasteiger partial charge in [-0.05, 0) is 24.6 Å². The van der Waals surface area contributed by atoms with E-state index in [9.17, 15) is 0 Å². The van der Waals surface area contributed by atoms with E-state index >= 15 is 0 Å². The summed E-state index contributed by atoms with van der Waals surface area (Å²) in [7, 11) is 0. The molecule has 0 unspecified atom stereocenters. The van der Waals surface area contributed by atoms with Gasteiger partial charge in [-0.3, -0.25) is 0 Å². The Hall–Kier alpha value is -0.930. The van der Waals surface area contributed by atoms with Gasteiger partial charge < -0.3 is 15.2 Å². The number of halogens is 1. The number of hydrogen-bond donors (Lipinski definition) is 1. The summed E-state index contributed by atoms with van der Waals surface area (Å²) in [6.07, 6.45) is 1.06. The summed E-state index contributed by atoms with van der Waals surface area (Å²) in [5.74, 6) is 1.19. The number of hydrogen-bond acceptors (Lipinski definition) is 3. The second-order valence-corrected chi connectivity index (χ2v) is 4.16. The molecule has 1 aromatic rings. The van der Waals surface area contributed by atoms with Gasteiger partial charge in [0.15, 0.2) is 0 Å². The molecule has 3 nitrogen and oxygen atoms in total. The van der Waals surface area contributed by atoms with Crippen LogP contribution in [0.3, 0.4) is 0 Å². The standard InChI is InChI=1S/C11H14ClNO2/c12-9-1-2-11(10(13)5-9)15-7-8-3-4-14-6-8/h1-2,5,8H,3-4,6-7,13H2/t8-/m0/s1. The molecule has 1 fully saturated rings. The van der Waals surface area contributed by atoms with Crippen LogP contribution in [0.15, 0.2) is 18.2 Å². The van der Waals surface area contributed by atoms with E-state index in [2.05, 4.69) is 0 Å². The minimum atomic E-state index is 0.486. The molecule has 0 radical (unpaired) electrons. The lowest BCUT2D eigenvalue weighted by Crippen LogP contribution is -2.12. The zero-order valence-corrected chi connectivity index (χ0v) is 9.17. The second kappa shape index (κ2) is 4.73. The van der Waals surface area contributed by atoms with Gasteiger partial charge in [-0.25, -0.2) is 0 Å². The van der Waals surface area contributed by atoms with Crippen molar-refractivity contribution >= 4 is 17.3 Å². The molecule has 1 heterocycles. The van der Waals surface area contributed by atoms with Crippen LogP contribution in [0, 0.1) is 5.92 Å². The molecule has 2 rings (SSSR count). The highest BCUT2D eigenvalue weighted by Gasteiger charge is 2.16. The molecule has 2 N–H and O–H groups in total. The lowest BCUT2D eigenvalue weighted by Gasteiger charge is -2.12. The first-order valence-electron chi connectivity index (χ1n) is 5.01. The van der Waals surface area contributed by atoms with E-state index in [-0.39, 0.29) is 0 Å². The summed E-state index contributed by atoms with van der Waals surface area (Å²) >= 11 is 5.79. The van der Waals surface area contributed by atoms with E-state index in [0.717, 1.165) is 19.6 Å². The van der Waals surface area contributed by atoms with Crippen LogP contribution in [-0.2, 0) is 4.74 Å². The Bertz CT molecular complexity index is 337. The van der Waals surface area contributed by atoms with Crippen LogP contribution in [0.25, 0.3) is 0 Å². The number of rotatable bonds is 3. The third-order valence-electron chi connectivity index (χ3n) is 2.47. The number of nitrogen functional groups attached to an aromatic ring is 1. The van der Waals surface area contributed by atoms with Crippen LogP contribution in [0.2, 0.25) is 5.02 Å². The van der Waals surface area contributed by atoms with Crippen molar-refractivity contribution in [2.75, 3.05) is 25.6 Å². The van der Waals surface area contributed by atoms with Gasteiger partial charge in [0.1, 0.15) is 5.75 Å². The maximum absolute atomic E-state index is 5.79. The number of anilines is 1. The molecule has 0 amide bonds. The van der Waals surface area contributed by atoms with Crippen molar-refractivity contribution in [3.63, 3.8) is 0 Å². The molecule has 1 atom stereocenters. The summed E-state index contributed by atoms with van der Waals surface area (Å²) in [5.41, 5.74) is 6.35. The molecular weight excluding hydrogens is 214 g/mol. The Balaban J connectivity index is 1.92. The topological polar surface area (TPSA) is 44.5 Å². The van der Waals surface area contributed by atoms with Crippen LogP contribution in [0.5, 0.6) is 5.75 Å². The third-order valence-corrected chi connectivity index (χ3v) is 2.71. The number of benzene rings is 1. The minimum absolute atomic E-state index is 0.486. The normalized spacial score (nSPS) is 20.5. The fraction of sp³-hybridized carbons (Fsp3) is 0.455. The first-order chi connectivity index (χ1) is 7.25. The van der Waals surface area contributed by atoms with E-state index in [1.54, 1.807) is 18.2 Å². The van der Waals surface area contributed by atoms with Gasteiger partial charge >= 0.3 is 0 Å². The maximum atomic E-state index is 5.79. The SMILES string of the molecule is Nc1cc(Cl)ccc1OC[C@H]1CCOC1. The first-order valence-corrected chi connectivity index (χ1v) is 5.39. The Morgan fingerprint density at radius 3 is 3.07 bits per heavy atom. The van der Waals surface area contributed by atoms with Gasteiger partial charge in [-0.15, -0.1) is 0 Å². The molecule has 1 aliphatic rings. The molecule has 0 aliphatic carbocycles. The third kappa shape index (κ3) is 2.76. The molecular formula is C11H14ClNO2. The molecule has 15 heavy (non-hydrogen) atoms. The summed E-state index contributed by atoms with van der Waals surface area (Å²) in [5, 5.41) is 0.629. The van der Waals surface area contributed by atoms with Crippen molar-refractivity contribution in [2.24, 2.45) is 5.92 Å². The van der Waals surface area contributed by atoms with Gasteiger partial charge in [0.2, 0.25) is 0 Å². The molecule has 82 valence electrons. The molecule has 4 heteroatoms. The molecule has 0 spiro atoms. The van der Waals surface area contributed by atoms with Gasteiger partial charge in [-0.2, -0.15) is 0 Å². The van der Waals surface area contributed by atoms with Crippen LogP contribution in [0.4, 0.5) is 5.69 Å². The van der Waals surface area contributed by atoms with E-state index in [4.69, 9.17) is 26.8 Å². The Morgan fingerprint density at radius 2 is 2.40 bits per heavy atom. The Kier molecular flexibility index (Phi) is 3.34. The minimum Gasteiger partial charge on any atom is -0.491 e. The smallest absolute Gasteiger partial charge is 0.142 e. The van der Waals surface area contributed by atoms with E-state index in [1.165, 1.54) is 0 Å². The van der Waals surface area contributed by atoms with Crippen molar-refractivity contribution in [3.05, 3.63) is 23.2 Å². The predicted octanol–water partition coefficient (Wildman–Crippen LogP) is 2.34. The second-order valence-electron chi connectivity index (χ2n) is 3.72. The molecule has 1 aliphatic heterocycles. The van der Waals surface area contributed by atoms with Crippen LogP contribution in [-0.4, -0.2) is 19.8 Å². The lowest BCUT2D eigenvalue weighted by molar-refractivity contribution is 0.167. The van der Waals surface area contributed by atoms with Crippen LogP contribution in [0.1, 0.15) is 6.42 Å². The first kappa shape index (κ1) is 10.6. The average molecular weight is 228 g/mol. The summed E-state index contributed by atoms with van der Waals surface area (Å²) in [6.45, 7) is 2.28. The highest BCUT2D eigenvalue weighted by atomic mass is 35.5. The monoisotopic (exact) mass is 227 g/mol. The average Bonchev–Trinajstić information content (AvgIpc) is 2.69. The summed E-state index contributed by atoms with van der Waals surface area (Å²) in [4.78, 5) is 0. The number of nitrogens with two attached hydrogens (primary N) is 1. The molecule has 1 saturated heterocycles. The van der Waals surface area contributed by atoms with Crippen LogP contribution >= 0.6 is 11.6 Å². The molecule has 0 saturated carbocycles. The van der Waals surface area contributed by atoms with Crippen molar-refractivity contribution in [3.8, 4) is 5.75 Å². The molecule has 1 aromatic carbocycles. The molecule has 0 aromatic heterocycles. The van der Waals surface area contributed by atoms with Crippen LogP contribution < -0.4 is 10.5 Å². The summed E-state index contributed by atoms with van der Waals surface area (Å²) < 4.78 is 10.9. The van der Waals surface area contributed by atoms with Gasteiger partial charge in [0, 0.05) is 17.5 Å². The van der Waals surface area contributed by atoms with E-state index in [0.29, 0.717) is 29.0 Å². The number of ether oxygens (including phenoxy) is 2. The lowest BCUT2D eigenvalue weighted by atomic mass is 10.1. The quantitative estimate of drug-likeness (QED) is 0.807. The highest BCUT2D eigenvalue weighted by molar-refractivity contribution is 6.30. The van der Waals surface area contributed by atoms with Gasteiger partial charge in [0.05, 0.1) is 18.9 Å². The van der Waals surface area contributed by atoms with Crippen molar-refractivity contribution in [2.45, 2.75) is 6.42 Å². The zero-order chi connectivity index (χ0) is 10.7. The zero-order valence-electron chi connectivity index (χ0n) is 8.41. The Morgan fingerprint density at radius 1 is 1.53 bits per heavy atom. The Labute approximate surface area is 94.1 Å². The van der Waals surface area contributed by atoms with E-state index in [1.807, 2.05) is 0 Å². The summed E-state index contributed by atoms with van der Waals surface area (Å²) in [6, 6.07) is 5.27. The maximum Gasteiger partial charge on any atom is 0.142 e. The fourth-order valence-electron chi connectivity index (χ4n) is 1.57. The van der Waals surface area contributed by atoms with Crippen molar-refractivity contribution in [1.82, 2.24) is 0 Å². The van der Waals surface area contributed by atoms with E-state index < -0.39 is 0 Å². The largest absolute Gasteiger partial charge is 0.491 e. The van der Waals surface area contributed by atoms with Crippen molar-refractivity contribution in [1.29, 1.82) is 0 Å². The predicted molar refractivity (Wildman–Crippen MR) is 60.3 cm³/mol. The molecule has 0 bridgehead atoms.